The van der Waals surface area contributed by atoms with E-state index in [2.05, 4.69) is 37.4 Å². The Hall–Kier alpha value is -1.98. The zero-order valence-electron chi connectivity index (χ0n) is 10.9. The third-order valence-corrected chi connectivity index (χ3v) is 3.40. The van der Waals surface area contributed by atoms with Crippen LogP contribution in [0.3, 0.4) is 0 Å². The topological polar surface area (TPSA) is 63.6 Å². The molecule has 1 aromatic carbocycles. The largest absolute Gasteiger partial charge is 0.368 e. The summed E-state index contributed by atoms with van der Waals surface area (Å²) >= 11 is 11.9. The lowest BCUT2D eigenvalue weighted by Crippen LogP contribution is -2.08. The van der Waals surface area contributed by atoms with E-state index in [1.165, 1.54) is 11.9 Å². The van der Waals surface area contributed by atoms with Crippen molar-refractivity contribution in [2.45, 2.75) is 6.42 Å². The molecule has 2 aromatic heterocycles. The van der Waals surface area contributed by atoms with Crippen LogP contribution in [-0.2, 0) is 6.42 Å². The molecule has 3 rings (SSSR count). The van der Waals surface area contributed by atoms with Gasteiger partial charge < -0.3 is 5.32 Å². The standard InChI is InChI=1S/C14H11Cl2N5/c15-12-10-11(18-8-19-12)13(21-14(16)20-10)17-7-6-9-4-2-1-3-5-9/h1-5,8H,6-7H2,(H,17,20,21). The van der Waals surface area contributed by atoms with Gasteiger partial charge in [0.2, 0.25) is 5.28 Å². The van der Waals surface area contributed by atoms with Gasteiger partial charge in [0.1, 0.15) is 17.4 Å². The van der Waals surface area contributed by atoms with E-state index in [0.717, 1.165) is 6.42 Å². The van der Waals surface area contributed by atoms with Crippen LogP contribution in [0.4, 0.5) is 5.82 Å². The molecule has 2 heterocycles. The number of nitrogens with zero attached hydrogens (tertiary/aromatic N) is 4. The molecular weight excluding hydrogens is 309 g/mol. The number of aromatic nitrogens is 4. The Morgan fingerprint density at radius 2 is 1.76 bits per heavy atom. The van der Waals surface area contributed by atoms with Crippen molar-refractivity contribution < 1.29 is 0 Å². The molecular formula is C14H11Cl2N5. The van der Waals surface area contributed by atoms with E-state index in [1.807, 2.05) is 18.2 Å². The van der Waals surface area contributed by atoms with Gasteiger partial charge in [0, 0.05) is 6.54 Å². The van der Waals surface area contributed by atoms with E-state index >= 15 is 0 Å². The summed E-state index contributed by atoms with van der Waals surface area (Å²) in [6.45, 7) is 0.702. The fraction of sp³-hybridized carbons (Fsp3) is 0.143. The molecule has 0 aliphatic heterocycles. The summed E-state index contributed by atoms with van der Waals surface area (Å²) in [7, 11) is 0. The van der Waals surface area contributed by atoms with Gasteiger partial charge in [-0.15, -0.1) is 0 Å². The maximum absolute atomic E-state index is 6.00. The van der Waals surface area contributed by atoms with Gasteiger partial charge in [-0.25, -0.2) is 15.0 Å². The van der Waals surface area contributed by atoms with Crippen molar-refractivity contribution in [2.24, 2.45) is 0 Å². The van der Waals surface area contributed by atoms with Gasteiger partial charge in [-0.2, -0.15) is 4.98 Å². The molecule has 0 radical (unpaired) electrons. The van der Waals surface area contributed by atoms with Crippen LogP contribution in [0.15, 0.2) is 36.7 Å². The minimum absolute atomic E-state index is 0.112. The summed E-state index contributed by atoms with van der Waals surface area (Å²) in [5.41, 5.74) is 2.25. The molecule has 0 fully saturated rings. The predicted molar refractivity (Wildman–Crippen MR) is 83.8 cm³/mol. The van der Waals surface area contributed by atoms with Crippen molar-refractivity contribution in [3.63, 3.8) is 0 Å². The molecule has 0 aliphatic carbocycles. The quantitative estimate of drug-likeness (QED) is 0.590. The van der Waals surface area contributed by atoms with Gasteiger partial charge in [0.15, 0.2) is 11.0 Å². The van der Waals surface area contributed by atoms with Gasteiger partial charge in [-0.3, -0.25) is 0 Å². The zero-order chi connectivity index (χ0) is 14.7. The Bertz CT molecular complexity index is 764. The van der Waals surface area contributed by atoms with Crippen molar-refractivity contribution in [1.82, 2.24) is 19.9 Å². The van der Waals surface area contributed by atoms with Crippen molar-refractivity contribution in [1.29, 1.82) is 0 Å². The number of hydrogen-bond acceptors (Lipinski definition) is 5. The second-order valence-electron chi connectivity index (χ2n) is 4.37. The summed E-state index contributed by atoms with van der Waals surface area (Å²) in [5.74, 6) is 0.560. The fourth-order valence-electron chi connectivity index (χ4n) is 1.99. The predicted octanol–water partition coefficient (Wildman–Crippen LogP) is 3.38. The van der Waals surface area contributed by atoms with E-state index in [9.17, 15) is 0 Å². The second-order valence-corrected chi connectivity index (χ2v) is 5.06. The first-order valence-electron chi connectivity index (χ1n) is 6.35. The van der Waals surface area contributed by atoms with Crippen LogP contribution in [0.25, 0.3) is 11.0 Å². The third kappa shape index (κ3) is 3.20. The fourth-order valence-corrected chi connectivity index (χ4v) is 2.33. The zero-order valence-corrected chi connectivity index (χ0v) is 12.4. The Kier molecular flexibility index (Phi) is 4.13. The molecule has 0 unspecified atom stereocenters. The first kappa shape index (κ1) is 14.0. The summed E-state index contributed by atoms with van der Waals surface area (Å²) < 4.78 is 0. The molecule has 0 aliphatic rings. The third-order valence-electron chi connectivity index (χ3n) is 2.96. The van der Waals surface area contributed by atoms with Gasteiger partial charge in [0.25, 0.3) is 0 Å². The summed E-state index contributed by atoms with van der Waals surface area (Å²) in [4.78, 5) is 16.3. The highest BCUT2D eigenvalue weighted by Crippen LogP contribution is 2.24. The smallest absolute Gasteiger partial charge is 0.225 e. The molecule has 106 valence electrons. The van der Waals surface area contributed by atoms with E-state index in [1.54, 1.807) is 0 Å². The number of nitrogens with one attached hydrogen (secondary N) is 1. The monoisotopic (exact) mass is 319 g/mol. The first-order chi connectivity index (χ1) is 10.2. The van der Waals surface area contributed by atoms with E-state index < -0.39 is 0 Å². The lowest BCUT2D eigenvalue weighted by Gasteiger charge is -2.08. The van der Waals surface area contributed by atoms with Gasteiger partial charge in [0.05, 0.1) is 0 Å². The Morgan fingerprint density at radius 1 is 0.952 bits per heavy atom. The molecule has 0 saturated heterocycles. The SMILES string of the molecule is Clc1nc(NCCc2ccccc2)c2ncnc(Cl)c2n1. The second kappa shape index (κ2) is 6.20. The normalized spacial score (nSPS) is 10.8. The average Bonchev–Trinajstić information content (AvgIpc) is 2.49. The van der Waals surface area contributed by atoms with E-state index in [0.29, 0.717) is 23.4 Å². The highest BCUT2D eigenvalue weighted by atomic mass is 35.5. The molecule has 1 N–H and O–H groups in total. The highest BCUT2D eigenvalue weighted by Gasteiger charge is 2.11. The number of fused-ring (bicyclic) bond motifs is 1. The molecule has 0 amide bonds. The minimum Gasteiger partial charge on any atom is -0.368 e. The highest BCUT2D eigenvalue weighted by molar-refractivity contribution is 6.34. The van der Waals surface area contributed by atoms with Gasteiger partial charge >= 0.3 is 0 Å². The minimum atomic E-state index is 0.112. The number of rotatable bonds is 4. The molecule has 0 spiro atoms. The summed E-state index contributed by atoms with van der Waals surface area (Å²) in [6.07, 6.45) is 2.24. The van der Waals surface area contributed by atoms with Crippen molar-refractivity contribution in [3.8, 4) is 0 Å². The van der Waals surface area contributed by atoms with Crippen LogP contribution in [0.2, 0.25) is 10.4 Å². The molecule has 3 aromatic rings. The molecule has 0 saturated carbocycles. The van der Waals surface area contributed by atoms with Crippen molar-refractivity contribution in [3.05, 3.63) is 52.7 Å². The Labute approximate surface area is 131 Å². The Morgan fingerprint density at radius 3 is 2.57 bits per heavy atom. The maximum atomic E-state index is 6.00. The van der Waals surface area contributed by atoms with Gasteiger partial charge in [-0.05, 0) is 23.6 Å². The van der Waals surface area contributed by atoms with E-state index in [-0.39, 0.29) is 10.4 Å². The molecule has 7 heteroatoms. The first-order valence-corrected chi connectivity index (χ1v) is 7.11. The van der Waals surface area contributed by atoms with Crippen LogP contribution < -0.4 is 5.32 Å². The maximum Gasteiger partial charge on any atom is 0.225 e. The van der Waals surface area contributed by atoms with Crippen LogP contribution >= 0.6 is 23.2 Å². The van der Waals surface area contributed by atoms with Crippen LogP contribution in [0.1, 0.15) is 5.56 Å². The van der Waals surface area contributed by atoms with Gasteiger partial charge in [-0.1, -0.05) is 41.9 Å². The summed E-state index contributed by atoms with van der Waals surface area (Å²) in [6, 6.07) is 10.2. The molecule has 5 nitrogen and oxygen atoms in total. The van der Waals surface area contributed by atoms with E-state index in [4.69, 9.17) is 23.2 Å². The average molecular weight is 320 g/mol. The van der Waals surface area contributed by atoms with Crippen LogP contribution in [0, 0.1) is 0 Å². The Balaban J connectivity index is 1.82. The number of anilines is 1. The summed E-state index contributed by atoms with van der Waals surface area (Å²) in [5, 5.41) is 3.59. The number of hydrogen-bond donors (Lipinski definition) is 1. The van der Waals surface area contributed by atoms with Crippen LogP contribution in [-0.4, -0.2) is 26.5 Å². The van der Waals surface area contributed by atoms with Crippen molar-refractivity contribution in [2.75, 3.05) is 11.9 Å². The van der Waals surface area contributed by atoms with Crippen LogP contribution in [0.5, 0.6) is 0 Å². The molecule has 0 bridgehead atoms. The molecule has 21 heavy (non-hydrogen) atoms. The van der Waals surface area contributed by atoms with Crippen molar-refractivity contribution >= 4 is 40.1 Å². The molecule has 0 atom stereocenters. The number of halogens is 2. The lowest BCUT2D eigenvalue weighted by molar-refractivity contribution is 1.00. The number of benzene rings is 1. The lowest BCUT2D eigenvalue weighted by atomic mass is 10.1.